The van der Waals surface area contributed by atoms with Crippen molar-refractivity contribution in [2.45, 2.75) is 32.7 Å². The number of nitrogens with two attached hydrogens (primary N) is 1. The zero-order chi connectivity index (χ0) is 14.7. The Morgan fingerprint density at radius 3 is 2.15 bits per heavy atom. The van der Waals surface area contributed by atoms with E-state index in [-0.39, 0.29) is 0 Å². The number of H-pyrrole nitrogens is 1. The molecule has 0 fully saturated rings. The summed E-state index contributed by atoms with van der Waals surface area (Å²) in [5.41, 5.74) is 10.6. The van der Waals surface area contributed by atoms with E-state index in [0.717, 1.165) is 18.5 Å². The Balaban J connectivity index is 0.000000147. The number of benzene rings is 1. The summed E-state index contributed by atoms with van der Waals surface area (Å²) in [5.74, 6) is -0.873. The van der Waals surface area contributed by atoms with Gasteiger partial charge in [-0.15, -0.1) is 0 Å². The second kappa shape index (κ2) is 5.92. The molecule has 4 N–H and O–H groups in total. The first-order valence-corrected chi connectivity index (χ1v) is 6.69. The number of aromatic amines is 1. The van der Waals surface area contributed by atoms with Gasteiger partial charge >= 0.3 is 5.97 Å². The average Bonchev–Trinajstić information content (AvgIpc) is 2.91. The van der Waals surface area contributed by atoms with Gasteiger partial charge < -0.3 is 15.8 Å². The van der Waals surface area contributed by atoms with Crippen molar-refractivity contribution in [2.24, 2.45) is 5.73 Å². The van der Waals surface area contributed by atoms with Gasteiger partial charge in [0.15, 0.2) is 0 Å². The summed E-state index contributed by atoms with van der Waals surface area (Å²) in [5, 5.41) is 8.56. The lowest BCUT2D eigenvalue weighted by Crippen LogP contribution is -2.18. The van der Waals surface area contributed by atoms with E-state index in [1.165, 1.54) is 11.1 Å². The van der Waals surface area contributed by atoms with Gasteiger partial charge in [0.1, 0.15) is 0 Å². The van der Waals surface area contributed by atoms with Crippen LogP contribution < -0.4 is 5.73 Å². The highest BCUT2D eigenvalue weighted by atomic mass is 16.4. The number of aromatic carboxylic acids is 1. The Kier molecular flexibility index (Phi) is 4.25. The largest absolute Gasteiger partial charge is 0.478 e. The number of carboxylic acid groups (broad SMARTS) is 1. The van der Waals surface area contributed by atoms with E-state index in [2.05, 4.69) is 29.2 Å². The minimum Gasteiger partial charge on any atom is -0.478 e. The molecular formula is C16H20N2O2. The Morgan fingerprint density at radius 1 is 1.25 bits per heavy atom. The van der Waals surface area contributed by atoms with Crippen LogP contribution >= 0.6 is 0 Å². The number of rotatable bonds is 1. The lowest BCUT2D eigenvalue weighted by molar-refractivity contribution is 0.0696. The fourth-order valence-corrected chi connectivity index (χ4v) is 2.54. The van der Waals surface area contributed by atoms with Crippen molar-refractivity contribution < 1.29 is 9.90 Å². The first kappa shape index (κ1) is 14.3. The van der Waals surface area contributed by atoms with Crippen LogP contribution in [0, 0.1) is 13.8 Å². The molecule has 1 aromatic carbocycles. The minimum atomic E-state index is -0.873. The third-order valence-electron chi connectivity index (χ3n) is 3.46. The maximum Gasteiger partial charge on any atom is 0.337 e. The van der Waals surface area contributed by atoms with Crippen molar-refractivity contribution in [3.05, 3.63) is 58.4 Å². The number of nitrogens with one attached hydrogen (secondary N) is 1. The number of hydrogen-bond donors (Lipinski definition) is 3. The SMILES string of the molecule is Cc1cc(C(=O)O)c(C)[nH]1.NC1Cc2ccccc2C1. The standard InChI is InChI=1S/C9H11N.C7H9NO2/c10-9-5-7-3-1-2-4-8(7)6-9;1-4-3-6(7(9)10)5(2)8-4/h1-4,9H,5-6,10H2;3,8H,1-2H3,(H,9,10). The van der Waals surface area contributed by atoms with Crippen molar-refractivity contribution in [3.8, 4) is 0 Å². The Morgan fingerprint density at radius 2 is 1.80 bits per heavy atom. The summed E-state index contributed by atoms with van der Waals surface area (Å²) in [7, 11) is 0. The zero-order valence-electron chi connectivity index (χ0n) is 11.8. The van der Waals surface area contributed by atoms with E-state index in [9.17, 15) is 4.79 Å². The van der Waals surface area contributed by atoms with Crippen molar-refractivity contribution in [1.82, 2.24) is 4.98 Å². The second-order valence-electron chi connectivity index (χ2n) is 5.23. The molecule has 1 aliphatic rings. The van der Waals surface area contributed by atoms with Gasteiger partial charge in [-0.3, -0.25) is 0 Å². The third kappa shape index (κ3) is 3.27. The summed E-state index contributed by atoms with van der Waals surface area (Å²) in [6.07, 6.45) is 2.13. The Bertz CT molecular complexity index is 592. The Labute approximate surface area is 118 Å². The highest BCUT2D eigenvalue weighted by Crippen LogP contribution is 2.19. The van der Waals surface area contributed by atoms with Gasteiger partial charge in [0.25, 0.3) is 0 Å². The van der Waals surface area contributed by atoms with Crippen LogP contribution in [0.1, 0.15) is 32.9 Å². The van der Waals surface area contributed by atoms with Gasteiger partial charge in [0, 0.05) is 17.4 Å². The second-order valence-corrected chi connectivity index (χ2v) is 5.23. The molecule has 2 aromatic rings. The molecule has 3 rings (SSSR count). The van der Waals surface area contributed by atoms with Crippen LogP contribution in [0.15, 0.2) is 30.3 Å². The molecule has 0 amide bonds. The lowest BCUT2D eigenvalue weighted by atomic mass is 10.1. The third-order valence-corrected chi connectivity index (χ3v) is 3.46. The normalized spacial score (nSPS) is 13.6. The summed E-state index contributed by atoms with van der Waals surface area (Å²) in [4.78, 5) is 13.3. The minimum absolute atomic E-state index is 0.359. The van der Waals surface area contributed by atoms with E-state index in [4.69, 9.17) is 10.8 Å². The van der Waals surface area contributed by atoms with E-state index in [1.54, 1.807) is 13.0 Å². The van der Waals surface area contributed by atoms with Crippen LogP contribution in [0.3, 0.4) is 0 Å². The molecule has 0 radical (unpaired) electrons. The highest BCUT2D eigenvalue weighted by Gasteiger charge is 2.16. The lowest BCUT2D eigenvalue weighted by Gasteiger charge is -1.94. The molecule has 4 heteroatoms. The molecule has 0 aliphatic heterocycles. The maximum atomic E-state index is 10.4. The van der Waals surface area contributed by atoms with E-state index in [1.807, 2.05) is 6.92 Å². The summed E-state index contributed by atoms with van der Waals surface area (Å²) in [6, 6.07) is 10.5. The number of hydrogen-bond acceptors (Lipinski definition) is 2. The van der Waals surface area contributed by atoms with E-state index in [0.29, 0.717) is 17.3 Å². The maximum absolute atomic E-state index is 10.4. The quantitative estimate of drug-likeness (QED) is 0.746. The first-order valence-electron chi connectivity index (χ1n) is 6.69. The van der Waals surface area contributed by atoms with Crippen molar-refractivity contribution in [3.63, 3.8) is 0 Å². The molecule has 4 nitrogen and oxygen atoms in total. The van der Waals surface area contributed by atoms with E-state index >= 15 is 0 Å². The molecular weight excluding hydrogens is 252 g/mol. The van der Waals surface area contributed by atoms with Gasteiger partial charge in [0.2, 0.25) is 0 Å². The van der Waals surface area contributed by atoms with Crippen molar-refractivity contribution in [2.75, 3.05) is 0 Å². The van der Waals surface area contributed by atoms with Crippen LogP contribution in [-0.4, -0.2) is 22.1 Å². The summed E-state index contributed by atoms with van der Waals surface area (Å²) < 4.78 is 0. The van der Waals surface area contributed by atoms with Crippen LogP contribution in [0.4, 0.5) is 0 Å². The molecule has 0 unspecified atom stereocenters. The van der Waals surface area contributed by atoms with Crippen molar-refractivity contribution >= 4 is 5.97 Å². The molecule has 1 heterocycles. The van der Waals surface area contributed by atoms with E-state index < -0.39 is 5.97 Å². The number of aryl methyl sites for hydroxylation is 2. The smallest absolute Gasteiger partial charge is 0.337 e. The van der Waals surface area contributed by atoms with Crippen LogP contribution in [0.5, 0.6) is 0 Å². The van der Waals surface area contributed by atoms with Gasteiger partial charge in [-0.05, 0) is 43.9 Å². The predicted octanol–water partition coefficient (Wildman–Crippen LogP) is 2.44. The monoisotopic (exact) mass is 272 g/mol. The number of carboxylic acids is 1. The molecule has 20 heavy (non-hydrogen) atoms. The summed E-state index contributed by atoms with van der Waals surface area (Å²) >= 11 is 0. The van der Waals surface area contributed by atoms with Gasteiger partial charge in [-0.25, -0.2) is 4.79 Å². The number of fused-ring (bicyclic) bond motifs is 1. The summed E-state index contributed by atoms with van der Waals surface area (Å²) in [6.45, 7) is 3.58. The first-order chi connectivity index (χ1) is 9.47. The number of carbonyl (C=O) groups is 1. The zero-order valence-corrected chi connectivity index (χ0v) is 11.8. The average molecular weight is 272 g/mol. The van der Waals surface area contributed by atoms with Crippen LogP contribution in [0.25, 0.3) is 0 Å². The Hall–Kier alpha value is -2.07. The molecule has 0 bridgehead atoms. The molecule has 1 aromatic heterocycles. The molecule has 0 saturated carbocycles. The van der Waals surface area contributed by atoms with Crippen LogP contribution in [-0.2, 0) is 12.8 Å². The fourth-order valence-electron chi connectivity index (χ4n) is 2.54. The highest BCUT2D eigenvalue weighted by molar-refractivity contribution is 5.89. The van der Waals surface area contributed by atoms with Gasteiger partial charge in [-0.2, -0.15) is 0 Å². The fraction of sp³-hybridized carbons (Fsp3) is 0.312. The van der Waals surface area contributed by atoms with Crippen LogP contribution in [0.2, 0.25) is 0 Å². The predicted molar refractivity (Wildman–Crippen MR) is 79.1 cm³/mol. The molecule has 0 saturated heterocycles. The topological polar surface area (TPSA) is 79.1 Å². The van der Waals surface area contributed by atoms with Gasteiger partial charge in [-0.1, -0.05) is 24.3 Å². The molecule has 1 aliphatic carbocycles. The molecule has 0 spiro atoms. The van der Waals surface area contributed by atoms with Crippen molar-refractivity contribution in [1.29, 1.82) is 0 Å². The molecule has 0 atom stereocenters. The molecule has 106 valence electrons. The number of aromatic nitrogens is 1. The van der Waals surface area contributed by atoms with Gasteiger partial charge in [0.05, 0.1) is 5.56 Å².